The number of carboxylic acid groups (broad SMARTS) is 3. The zero-order valence-corrected chi connectivity index (χ0v) is 37.9. The molecular formula is C43H65N7O15. The molecule has 11 N–H and O–H groups in total. The van der Waals surface area contributed by atoms with Gasteiger partial charge in [-0.2, -0.15) is 0 Å². The van der Waals surface area contributed by atoms with Crippen LogP contribution in [-0.2, 0) is 64.1 Å². The van der Waals surface area contributed by atoms with Gasteiger partial charge in [0.2, 0.25) is 41.2 Å². The smallest absolute Gasteiger partial charge is 0.305 e. The third-order valence-electron chi connectivity index (χ3n) is 9.76. The molecule has 0 aliphatic rings. The van der Waals surface area contributed by atoms with E-state index < -0.39 is 145 Å². The van der Waals surface area contributed by atoms with E-state index in [0.29, 0.717) is 18.4 Å². The van der Waals surface area contributed by atoms with Crippen LogP contribution in [0, 0.1) is 11.3 Å². The number of rotatable bonds is 30. The molecule has 22 heteroatoms. The maximum atomic E-state index is 14.4. The van der Waals surface area contributed by atoms with Crippen molar-refractivity contribution in [2.24, 2.45) is 17.1 Å². The first-order valence-corrected chi connectivity index (χ1v) is 21.2. The number of ether oxygens (including phenoxy) is 1. The fraction of sp³-hybridized carbons (Fsp3) is 0.605. The highest BCUT2D eigenvalue weighted by molar-refractivity contribution is 6.37. The number of nitrogens with two attached hydrogens (primary N) is 1. The molecular weight excluding hydrogens is 855 g/mol. The Bertz CT molecular complexity index is 1850. The number of amides is 7. The molecule has 1 aromatic carbocycles. The molecule has 0 heterocycles. The zero-order chi connectivity index (χ0) is 49.6. The monoisotopic (exact) mass is 919 g/mol. The lowest BCUT2D eigenvalue weighted by Crippen LogP contribution is -2.63. The van der Waals surface area contributed by atoms with Gasteiger partial charge < -0.3 is 57.7 Å². The van der Waals surface area contributed by atoms with Gasteiger partial charge in [0.05, 0.1) is 31.6 Å². The van der Waals surface area contributed by atoms with E-state index in [-0.39, 0.29) is 25.4 Å². The molecule has 7 atom stereocenters. The summed E-state index contributed by atoms with van der Waals surface area (Å²) in [5.41, 5.74) is 4.81. The van der Waals surface area contributed by atoms with Crippen LogP contribution in [0.3, 0.4) is 0 Å². The van der Waals surface area contributed by atoms with Gasteiger partial charge in [0.15, 0.2) is 0 Å². The second kappa shape index (κ2) is 27.7. The summed E-state index contributed by atoms with van der Waals surface area (Å²) in [7, 11) is 0. The molecule has 0 bridgehead atoms. The highest BCUT2D eigenvalue weighted by Gasteiger charge is 2.40. The first-order chi connectivity index (χ1) is 30.3. The van der Waals surface area contributed by atoms with Gasteiger partial charge in [-0.1, -0.05) is 84.7 Å². The molecule has 0 spiro atoms. The minimum atomic E-state index is -1.83. The number of carbonyl (C=O) groups excluding carboxylic acids is 8. The third kappa shape index (κ3) is 21.7. The Morgan fingerprint density at radius 1 is 0.631 bits per heavy atom. The molecule has 0 aliphatic carbocycles. The van der Waals surface area contributed by atoms with Gasteiger partial charge in [0, 0.05) is 12.8 Å². The van der Waals surface area contributed by atoms with Crippen LogP contribution in [0.15, 0.2) is 30.3 Å². The number of hydrogen-bond acceptors (Lipinski definition) is 12. The molecule has 22 nitrogen and oxygen atoms in total. The molecule has 1 aromatic rings. The third-order valence-corrected chi connectivity index (χ3v) is 9.76. The fourth-order valence-electron chi connectivity index (χ4n) is 6.21. The van der Waals surface area contributed by atoms with Crippen LogP contribution in [-0.4, -0.2) is 123 Å². The number of carboxylic acids is 3. The summed E-state index contributed by atoms with van der Waals surface area (Å²) in [4.78, 5) is 140. The van der Waals surface area contributed by atoms with Crippen molar-refractivity contribution in [2.75, 3.05) is 0 Å². The van der Waals surface area contributed by atoms with Crippen LogP contribution in [0.25, 0.3) is 0 Å². The molecule has 0 unspecified atom stereocenters. The van der Waals surface area contributed by atoms with E-state index in [1.54, 1.807) is 65.0 Å². The number of Topliss-reactive ketones (excluding diaryl/α,β-unsaturated/α-hetero) is 1. The van der Waals surface area contributed by atoms with Gasteiger partial charge >= 0.3 is 17.9 Å². The van der Waals surface area contributed by atoms with Gasteiger partial charge in [0.25, 0.3) is 5.91 Å². The fourth-order valence-corrected chi connectivity index (χ4v) is 6.21. The predicted molar refractivity (Wildman–Crippen MR) is 231 cm³/mol. The zero-order valence-electron chi connectivity index (χ0n) is 37.9. The summed E-state index contributed by atoms with van der Waals surface area (Å²) < 4.78 is 5.98. The van der Waals surface area contributed by atoms with Crippen LogP contribution in [0.2, 0.25) is 0 Å². The maximum absolute atomic E-state index is 14.4. The number of hydrogen-bond donors (Lipinski definition) is 10. The normalized spacial score (nSPS) is 14.5. The minimum absolute atomic E-state index is 0.0689. The van der Waals surface area contributed by atoms with Crippen molar-refractivity contribution in [3.63, 3.8) is 0 Å². The lowest BCUT2D eigenvalue weighted by atomic mass is 9.85. The molecule has 7 amide bonds. The molecule has 65 heavy (non-hydrogen) atoms. The SMILES string of the molecule is CCCC[C@H](NC(=O)[C@H](CC(C)C)NC(=O)[C@@H](NC(=O)[C@@H](NC(=O)[C@H](CCC(=O)O)NC(=O)[C@H](CC(=O)O)NC(=O)CCC(=O)O)[C@@H](C)OCc1ccccc1)C(C)(C)C)C(=O)C(N)=O. The van der Waals surface area contributed by atoms with Crippen LogP contribution in [0.1, 0.15) is 112 Å². The lowest BCUT2D eigenvalue weighted by molar-refractivity contribution is -0.142. The van der Waals surface area contributed by atoms with Crippen molar-refractivity contribution in [3.8, 4) is 0 Å². The Morgan fingerprint density at radius 3 is 1.71 bits per heavy atom. The average molecular weight is 920 g/mol. The maximum Gasteiger partial charge on any atom is 0.305 e. The van der Waals surface area contributed by atoms with Crippen molar-refractivity contribution < 1.29 is 72.8 Å². The van der Waals surface area contributed by atoms with Crippen molar-refractivity contribution in [1.29, 1.82) is 0 Å². The Balaban J connectivity index is 3.61. The van der Waals surface area contributed by atoms with E-state index in [0.717, 1.165) is 0 Å². The summed E-state index contributed by atoms with van der Waals surface area (Å²) in [5.74, 6) is -12.7. The number of ketones is 1. The number of primary amides is 1. The van der Waals surface area contributed by atoms with Crippen molar-refractivity contribution in [1.82, 2.24) is 31.9 Å². The van der Waals surface area contributed by atoms with E-state index in [4.69, 9.17) is 15.6 Å². The van der Waals surface area contributed by atoms with E-state index in [1.807, 2.05) is 6.92 Å². The van der Waals surface area contributed by atoms with Gasteiger partial charge in [-0.3, -0.25) is 52.7 Å². The largest absolute Gasteiger partial charge is 0.481 e. The summed E-state index contributed by atoms with van der Waals surface area (Å²) in [6.07, 6.45) is -3.48. The minimum Gasteiger partial charge on any atom is -0.481 e. The number of aliphatic carboxylic acids is 3. The molecule has 1 rings (SSSR count). The summed E-state index contributed by atoms with van der Waals surface area (Å²) in [6, 6.07) is -0.522. The van der Waals surface area contributed by atoms with Crippen molar-refractivity contribution in [2.45, 2.75) is 155 Å². The van der Waals surface area contributed by atoms with Crippen molar-refractivity contribution >= 4 is 65.0 Å². The Labute approximate surface area is 377 Å². The van der Waals surface area contributed by atoms with Gasteiger partial charge in [-0.25, -0.2) is 0 Å². The molecule has 0 aromatic heterocycles. The second-order valence-electron chi connectivity index (χ2n) is 17.0. The van der Waals surface area contributed by atoms with Crippen molar-refractivity contribution in [3.05, 3.63) is 35.9 Å². The van der Waals surface area contributed by atoms with Gasteiger partial charge in [0.1, 0.15) is 30.2 Å². The first-order valence-electron chi connectivity index (χ1n) is 21.2. The second-order valence-corrected chi connectivity index (χ2v) is 17.0. The number of nitrogens with one attached hydrogen (secondary N) is 6. The lowest BCUT2D eigenvalue weighted by Gasteiger charge is -2.34. The summed E-state index contributed by atoms with van der Waals surface area (Å²) in [6.45, 7) is 11.6. The standard InChI is InChI=1S/C43H65N7O15/c1-8-9-15-26(35(58)37(44)59)46-39(61)28(20-23(2)3)48-42(64)36(43(5,6)7)50-41(63)34(24(4)65-22-25-13-11-10-12-14-25)49-38(60)27(16-18-31(52)53)47-40(62)29(21-33(56)57)45-30(51)17-19-32(54)55/h10-14,23-24,26-29,34,36H,8-9,15-22H2,1-7H3,(H2,44,59)(H,45,51)(H,46,61)(H,47,62)(H,48,64)(H,49,60)(H,50,63)(H,52,53)(H,54,55)(H,56,57)/t24-,26+,27+,28+,29+,34+,36-/m1/s1. The molecule has 362 valence electrons. The van der Waals surface area contributed by atoms with E-state index in [2.05, 4.69) is 31.9 Å². The predicted octanol–water partition coefficient (Wildman–Crippen LogP) is 0.0416. The molecule has 0 radical (unpaired) electrons. The Morgan fingerprint density at radius 2 is 1.18 bits per heavy atom. The van der Waals surface area contributed by atoms with E-state index >= 15 is 0 Å². The summed E-state index contributed by atoms with van der Waals surface area (Å²) in [5, 5.41) is 42.4. The van der Waals surface area contributed by atoms with Crippen LogP contribution < -0.4 is 37.6 Å². The first kappa shape index (κ1) is 56.6. The van der Waals surface area contributed by atoms with Crippen LogP contribution in [0.5, 0.6) is 0 Å². The Kier molecular flexibility index (Phi) is 24.1. The molecule has 0 fully saturated rings. The van der Waals surface area contributed by atoms with E-state index in [1.165, 1.54) is 6.92 Å². The summed E-state index contributed by atoms with van der Waals surface area (Å²) >= 11 is 0. The number of carbonyl (C=O) groups is 11. The number of benzene rings is 1. The molecule has 0 saturated heterocycles. The van der Waals surface area contributed by atoms with E-state index in [9.17, 15) is 63.0 Å². The van der Waals surface area contributed by atoms with Gasteiger partial charge in [-0.05, 0) is 43.1 Å². The molecule has 0 aliphatic heterocycles. The van der Waals surface area contributed by atoms with Crippen LogP contribution in [0.4, 0.5) is 0 Å². The Hall–Kier alpha value is -6.45. The highest BCUT2D eigenvalue weighted by Crippen LogP contribution is 2.21. The highest BCUT2D eigenvalue weighted by atomic mass is 16.5. The van der Waals surface area contributed by atoms with Gasteiger partial charge in [-0.15, -0.1) is 0 Å². The topological polar surface area (TPSA) is 356 Å². The number of unbranched alkanes of at least 4 members (excludes halogenated alkanes) is 1. The van der Waals surface area contributed by atoms with Crippen LogP contribution >= 0.6 is 0 Å². The average Bonchev–Trinajstić information content (AvgIpc) is 3.21. The quantitative estimate of drug-likeness (QED) is 0.0456. The molecule has 0 saturated carbocycles.